The Labute approximate surface area is 224 Å². The van der Waals surface area contributed by atoms with E-state index in [0.29, 0.717) is 11.1 Å². The third-order valence-corrected chi connectivity index (χ3v) is 7.49. The molecule has 196 valence electrons. The van der Waals surface area contributed by atoms with Crippen LogP contribution < -0.4 is 15.0 Å². The van der Waals surface area contributed by atoms with Gasteiger partial charge in [-0.25, -0.2) is 18.1 Å². The molecule has 2 atom stereocenters. The minimum absolute atomic E-state index is 0.00815. The van der Waals surface area contributed by atoms with Gasteiger partial charge in [0, 0.05) is 31.9 Å². The molecule has 2 aromatic heterocycles. The van der Waals surface area contributed by atoms with Crippen LogP contribution in [0.4, 0.5) is 0 Å². The first-order valence-electron chi connectivity index (χ1n) is 16.3. The number of H-pyrrole nitrogens is 1. The number of benzene rings is 1. The highest BCUT2D eigenvalue weighted by molar-refractivity contribution is 7.89. The Morgan fingerprint density at radius 1 is 1.39 bits per heavy atom. The summed E-state index contributed by atoms with van der Waals surface area (Å²) >= 11 is 0. The number of ether oxygens (including phenoxy) is 1. The molecule has 2 N–H and O–H groups in total. The van der Waals surface area contributed by atoms with Gasteiger partial charge < -0.3 is 14.6 Å². The predicted octanol–water partition coefficient (Wildman–Crippen LogP) is 2.83. The third kappa shape index (κ3) is 5.47. The quantitative estimate of drug-likeness (QED) is 0.395. The Kier molecular flexibility index (Phi) is 5.21. The van der Waals surface area contributed by atoms with Gasteiger partial charge in [-0.3, -0.25) is 9.48 Å². The second-order valence-corrected chi connectivity index (χ2v) is 10.4. The average Bonchev–Trinajstić information content (AvgIpc) is 3.49. The van der Waals surface area contributed by atoms with Crippen LogP contribution in [0.15, 0.2) is 27.9 Å². The lowest BCUT2D eigenvalue weighted by Gasteiger charge is -2.19. The largest absolute Gasteiger partial charge is 0.493 e. The maximum atomic E-state index is 13.4. The Morgan fingerprint density at radius 2 is 2.25 bits per heavy atom. The fourth-order valence-electron chi connectivity index (χ4n) is 4.25. The van der Waals surface area contributed by atoms with Gasteiger partial charge in [0.05, 0.1) is 22.8 Å². The first-order valence-corrected chi connectivity index (χ1v) is 13.2. The van der Waals surface area contributed by atoms with Gasteiger partial charge in [0.25, 0.3) is 5.56 Å². The standard InChI is InChI=1S/C25H36N6O4S/c1-5-8-20-22-23(31(4)29-20)25(32)28-24(27-22)19-16-18(10-11-21(19)35-15-6-2)36(33,34)26-13-12-17-9-7-14-30(17)3/h10-11,16-17,26H,5-9,12-15H2,1-4H3,(H,27,28,32)/i1D3,4D3,5D2,13D. The lowest BCUT2D eigenvalue weighted by atomic mass is 10.1. The lowest BCUT2D eigenvalue weighted by Crippen LogP contribution is -2.31. The van der Waals surface area contributed by atoms with E-state index in [2.05, 4.69) is 24.7 Å². The van der Waals surface area contributed by atoms with Gasteiger partial charge in [-0.05, 0) is 63.9 Å². The van der Waals surface area contributed by atoms with Crippen LogP contribution in [0, 0.1) is 0 Å². The van der Waals surface area contributed by atoms with Crippen molar-refractivity contribution in [3.63, 3.8) is 0 Å². The van der Waals surface area contributed by atoms with Gasteiger partial charge in [-0.15, -0.1) is 0 Å². The molecule has 1 aliphatic rings. The smallest absolute Gasteiger partial charge is 0.277 e. The molecule has 0 aliphatic carbocycles. The van der Waals surface area contributed by atoms with Gasteiger partial charge in [0.1, 0.15) is 17.1 Å². The maximum Gasteiger partial charge on any atom is 0.277 e. The molecule has 3 aromatic rings. The molecule has 36 heavy (non-hydrogen) atoms. The first-order chi connectivity index (χ1) is 20.7. The topological polar surface area (TPSA) is 122 Å². The summed E-state index contributed by atoms with van der Waals surface area (Å²) in [5, 5.41) is 3.88. The number of nitrogens with zero attached hydrogens (tertiary/aromatic N) is 4. The number of likely N-dealkylation sites (tertiary alicyclic amines) is 1. The zero-order chi connectivity index (χ0) is 33.5. The number of aromatic amines is 1. The van der Waals surface area contributed by atoms with Crippen molar-refractivity contribution >= 4 is 21.1 Å². The van der Waals surface area contributed by atoms with Crippen molar-refractivity contribution in [3.05, 3.63) is 34.2 Å². The van der Waals surface area contributed by atoms with E-state index >= 15 is 0 Å². The van der Waals surface area contributed by atoms with Crippen molar-refractivity contribution in [1.82, 2.24) is 29.4 Å². The first kappa shape index (κ1) is 16.9. The summed E-state index contributed by atoms with van der Waals surface area (Å²) in [4.78, 5) is 22.0. The summed E-state index contributed by atoms with van der Waals surface area (Å²) in [6, 6.07) is 3.91. The van der Waals surface area contributed by atoms with Gasteiger partial charge in [-0.2, -0.15) is 5.10 Å². The fraction of sp³-hybridized carbons (Fsp3) is 0.560. The van der Waals surface area contributed by atoms with Crippen LogP contribution in [0.3, 0.4) is 0 Å². The molecule has 10 nitrogen and oxygen atoms in total. The van der Waals surface area contributed by atoms with E-state index in [-0.39, 0.29) is 52.3 Å². The van der Waals surface area contributed by atoms with Crippen molar-refractivity contribution in [1.29, 1.82) is 0 Å². The summed E-state index contributed by atoms with van der Waals surface area (Å²) < 4.78 is 106. The van der Waals surface area contributed by atoms with E-state index in [9.17, 15) is 13.2 Å². The van der Waals surface area contributed by atoms with Crippen molar-refractivity contribution in [3.8, 4) is 17.1 Å². The Balaban J connectivity index is 1.84. The predicted molar refractivity (Wildman–Crippen MR) is 140 cm³/mol. The number of fused-ring (bicyclic) bond motifs is 1. The van der Waals surface area contributed by atoms with Gasteiger partial charge >= 0.3 is 0 Å². The number of hydrogen-bond donors (Lipinski definition) is 2. The minimum Gasteiger partial charge on any atom is -0.493 e. The number of sulfonamides is 1. The zero-order valence-corrected chi connectivity index (χ0v) is 21.0. The van der Waals surface area contributed by atoms with Crippen molar-refractivity contribution in [2.75, 3.05) is 26.7 Å². The molecule has 0 bridgehead atoms. The van der Waals surface area contributed by atoms with Crippen LogP contribution in [-0.4, -0.2) is 65.8 Å². The van der Waals surface area contributed by atoms with E-state index in [0.717, 1.165) is 19.4 Å². The lowest BCUT2D eigenvalue weighted by molar-refractivity contribution is 0.297. The van der Waals surface area contributed by atoms with Crippen molar-refractivity contribution in [2.24, 2.45) is 6.98 Å². The molecule has 3 heterocycles. The number of nitrogens with one attached hydrogen (secondary N) is 2. The number of rotatable bonds is 11. The molecule has 0 saturated carbocycles. The molecule has 0 amide bonds. The normalized spacial score (nSPS) is 22.4. The molecule has 4 rings (SSSR count). The van der Waals surface area contributed by atoms with Crippen molar-refractivity contribution < 1.29 is 25.5 Å². The molecule has 1 saturated heterocycles. The fourth-order valence-corrected chi connectivity index (χ4v) is 5.22. The SMILES string of the molecule is [2H]C(CC1CCCN1C)NS(=O)(=O)c1ccc(OCCC)c(-c2nc3c(CC([2H])([2H])C([2H])([2H])[2H])nn(C([2H])([2H])[2H])c3c(=O)[nH]2)c1. The molecule has 1 fully saturated rings. The van der Waals surface area contributed by atoms with E-state index < -0.39 is 54.2 Å². The van der Waals surface area contributed by atoms with Gasteiger partial charge in [0.2, 0.25) is 10.0 Å². The Hall–Kier alpha value is -2.76. The van der Waals surface area contributed by atoms with Crippen LogP contribution >= 0.6 is 0 Å². The molecular formula is C25H36N6O4S. The Morgan fingerprint density at radius 3 is 2.97 bits per heavy atom. The van der Waals surface area contributed by atoms with Crippen LogP contribution in [0.1, 0.15) is 63.9 Å². The molecule has 2 unspecified atom stereocenters. The number of hydrogen-bond acceptors (Lipinski definition) is 7. The van der Waals surface area contributed by atoms with E-state index in [4.69, 9.17) is 17.1 Å². The Bertz CT molecular complexity index is 1710. The molecule has 0 radical (unpaired) electrons. The number of aromatic nitrogens is 4. The molecule has 1 aromatic carbocycles. The second kappa shape index (κ2) is 11.1. The summed E-state index contributed by atoms with van der Waals surface area (Å²) in [5.74, 6) is -0.109. The van der Waals surface area contributed by atoms with Gasteiger partial charge in [-0.1, -0.05) is 20.1 Å². The van der Waals surface area contributed by atoms with Gasteiger partial charge in [0.15, 0.2) is 5.52 Å². The second-order valence-electron chi connectivity index (χ2n) is 8.67. The third-order valence-electron chi connectivity index (χ3n) is 6.13. The highest BCUT2D eigenvalue weighted by Gasteiger charge is 2.23. The monoisotopic (exact) mass is 525 g/mol. The summed E-state index contributed by atoms with van der Waals surface area (Å²) in [6.45, 7) is -4.29. The summed E-state index contributed by atoms with van der Waals surface area (Å²) in [5.41, 5.74) is -2.26. The van der Waals surface area contributed by atoms with E-state index in [1.165, 1.54) is 18.2 Å². The average molecular weight is 526 g/mol. The highest BCUT2D eigenvalue weighted by Crippen LogP contribution is 2.31. The van der Waals surface area contributed by atoms with Crippen LogP contribution in [0.25, 0.3) is 22.4 Å². The molecule has 11 heteroatoms. The highest BCUT2D eigenvalue weighted by atomic mass is 32.2. The molecule has 1 aliphatic heterocycles. The molecule has 0 spiro atoms. The summed E-state index contributed by atoms with van der Waals surface area (Å²) in [7, 11) is -2.31. The van der Waals surface area contributed by atoms with E-state index in [1.54, 1.807) is 0 Å². The minimum atomic E-state index is -4.24. The van der Waals surface area contributed by atoms with Crippen LogP contribution in [0.2, 0.25) is 0 Å². The van der Waals surface area contributed by atoms with Crippen molar-refractivity contribution in [2.45, 2.75) is 63.2 Å². The zero-order valence-electron chi connectivity index (χ0n) is 29.2. The van der Waals surface area contributed by atoms with Crippen LogP contribution in [0.5, 0.6) is 5.75 Å². The number of aryl methyl sites for hydroxylation is 2. The maximum absolute atomic E-state index is 13.4. The molecular weight excluding hydrogens is 480 g/mol. The van der Waals surface area contributed by atoms with E-state index in [1.807, 2.05) is 14.0 Å². The van der Waals surface area contributed by atoms with Crippen LogP contribution in [-0.2, 0) is 23.4 Å². The summed E-state index contributed by atoms with van der Waals surface area (Å²) in [6.07, 6.45) is -1.06.